The molecule has 0 atom stereocenters. The van der Waals surface area contributed by atoms with Crippen LogP contribution in [0.5, 0.6) is 0 Å². The number of unbranched alkanes of at least 4 members (excludes halogenated alkanes) is 1. The average molecular weight is 303 g/mol. The van der Waals surface area contributed by atoms with Crippen LogP contribution >= 0.6 is 0 Å². The van der Waals surface area contributed by atoms with Crippen LogP contribution in [-0.2, 0) is 25.5 Å². The Balaban J connectivity index is 2.02. The summed E-state index contributed by atoms with van der Waals surface area (Å²) in [6.45, 7) is 5.19. The monoisotopic (exact) mass is 303 g/mol. The number of esters is 2. The van der Waals surface area contributed by atoms with Crippen LogP contribution in [0.1, 0.15) is 39.2 Å². The third-order valence-electron chi connectivity index (χ3n) is 3.27. The largest absolute Gasteiger partial charge is 0.419 e. The highest BCUT2D eigenvalue weighted by Gasteiger charge is 2.38. The molecule has 0 amide bonds. The van der Waals surface area contributed by atoms with Crippen molar-refractivity contribution in [2.75, 3.05) is 5.32 Å². The highest BCUT2D eigenvalue weighted by Crippen LogP contribution is 2.22. The van der Waals surface area contributed by atoms with Crippen molar-refractivity contribution in [2.45, 2.75) is 45.8 Å². The van der Waals surface area contributed by atoms with Gasteiger partial charge in [-0.3, -0.25) is 0 Å². The van der Waals surface area contributed by atoms with Gasteiger partial charge in [0.05, 0.1) is 0 Å². The molecule has 2 rings (SSSR count). The molecule has 5 nitrogen and oxygen atoms in total. The molecule has 1 aliphatic heterocycles. The maximum atomic E-state index is 11.8. The second-order valence-corrected chi connectivity index (χ2v) is 5.68. The normalized spacial score (nSPS) is 16.8. The van der Waals surface area contributed by atoms with Gasteiger partial charge in [0.15, 0.2) is 5.57 Å². The molecule has 0 radical (unpaired) electrons. The van der Waals surface area contributed by atoms with Gasteiger partial charge in [-0.25, -0.2) is 9.59 Å². The van der Waals surface area contributed by atoms with Crippen molar-refractivity contribution >= 4 is 17.6 Å². The summed E-state index contributed by atoms with van der Waals surface area (Å²) in [5.41, 5.74) is 1.91. The van der Waals surface area contributed by atoms with Crippen molar-refractivity contribution in [3.8, 4) is 0 Å². The summed E-state index contributed by atoms with van der Waals surface area (Å²) in [7, 11) is 0. The zero-order valence-electron chi connectivity index (χ0n) is 13.1. The van der Waals surface area contributed by atoms with Crippen LogP contribution in [-0.4, -0.2) is 17.7 Å². The highest BCUT2D eigenvalue weighted by atomic mass is 16.7. The van der Waals surface area contributed by atoms with Gasteiger partial charge in [0.25, 0.3) is 5.79 Å². The van der Waals surface area contributed by atoms with Crippen molar-refractivity contribution in [2.24, 2.45) is 0 Å². The molecular weight excluding hydrogens is 282 g/mol. The Morgan fingerprint density at radius 2 is 1.68 bits per heavy atom. The van der Waals surface area contributed by atoms with E-state index in [0.29, 0.717) is 0 Å². The summed E-state index contributed by atoms with van der Waals surface area (Å²) in [5.74, 6) is -2.59. The second kappa shape index (κ2) is 6.64. The number of anilines is 1. The van der Waals surface area contributed by atoms with E-state index in [0.717, 1.165) is 24.9 Å². The van der Waals surface area contributed by atoms with Crippen molar-refractivity contribution < 1.29 is 19.1 Å². The Morgan fingerprint density at radius 3 is 2.23 bits per heavy atom. The summed E-state index contributed by atoms with van der Waals surface area (Å²) in [4.78, 5) is 23.6. The number of aryl methyl sites for hydroxylation is 1. The lowest BCUT2D eigenvalue weighted by atomic mass is 10.1. The number of hydrogen-bond acceptors (Lipinski definition) is 5. The Labute approximate surface area is 130 Å². The lowest BCUT2D eigenvalue weighted by Crippen LogP contribution is -2.42. The molecule has 1 aromatic carbocycles. The fraction of sp³-hybridized carbons (Fsp3) is 0.412. The second-order valence-electron chi connectivity index (χ2n) is 5.68. The quantitative estimate of drug-likeness (QED) is 0.514. The minimum absolute atomic E-state index is 0.144. The van der Waals surface area contributed by atoms with Gasteiger partial charge in [-0.15, -0.1) is 0 Å². The lowest BCUT2D eigenvalue weighted by Gasteiger charge is -2.29. The van der Waals surface area contributed by atoms with Gasteiger partial charge >= 0.3 is 11.9 Å². The molecule has 1 fully saturated rings. The first-order valence-electron chi connectivity index (χ1n) is 7.43. The third-order valence-corrected chi connectivity index (χ3v) is 3.27. The van der Waals surface area contributed by atoms with Crippen LogP contribution in [0.25, 0.3) is 0 Å². The Bertz CT molecular complexity index is 565. The Hall–Kier alpha value is -2.30. The van der Waals surface area contributed by atoms with Crippen molar-refractivity contribution in [3.05, 3.63) is 41.6 Å². The van der Waals surface area contributed by atoms with E-state index in [4.69, 9.17) is 9.47 Å². The molecular formula is C17H21NO4. The minimum Gasteiger partial charge on any atom is -0.419 e. The SMILES string of the molecule is CCCCc1ccc(NC=C2C(=O)OC(C)(C)OC2=O)cc1. The zero-order chi connectivity index (χ0) is 16.2. The molecule has 0 saturated carbocycles. The number of hydrogen-bond donors (Lipinski definition) is 1. The minimum atomic E-state index is -1.22. The molecule has 0 unspecified atom stereocenters. The summed E-state index contributed by atoms with van der Waals surface area (Å²) in [6, 6.07) is 7.87. The maximum absolute atomic E-state index is 11.8. The fourth-order valence-corrected chi connectivity index (χ4v) is 2.08. The molecule has 118 valence electrons. The predicted molar refractivity (Wildman–Crippen MR) is 83.0 cm³/mol. The topological polar surface area (TPSA) is 64.6 Å². The smallest absolute Gasteiger partial charge is 0.350 e. The maximum Gasteiger partial charge on any atom is 0.350 e. The summed E-state index contributed by atoms with van der Waals surface area (Å²) < 4.78 is 10.0. The molecule has 1 heterocycles. The number of nitrogens with one attached hydrogen (secondary N) is 1. The molecule has 5 heteroatoms. The van der Waals surface area contributed by atoms with Gasteiger partial charge in [-0.05, 0) is 30.5 Å². The van der Waals surface area contributed by atoms with Crippen LogP contribution in [0.2, 0.25) is 0 Å². The molecule has 1 aliphatic rings. The third kappa shape index (κ3) is 4.10. The highest BCUT2D eigenvalue weighted by molar-refractivity contribution is 6.15. The van der Waals surface area contributed by atoms with Gasteiger partial charge in [-0.1, -0.05) is 25.5 Å². The van der Waals surface area contributed by atoms with E-state index in [9.17, 15) is 9.59 Å². The van der Waals surface area contributed by atoms with Gasteiger partial charge in [0, 0.05) is 25.7 Å². The van der Waals surface area contributed by atoms with Crippen molar-refractivity contribution in [1.82, 2.24) is 0 Å². The average Bonchev–Trinajstić information content (AvgIpc) is 2.44. The van der Waals surface area contributed by atoms with Crippen molar-refractivity contribution in [1.29, 1.82) is 0 Å². The molecule has 1 aromatic rings. The summed E-state index contributed by atoms with van der Waals surface area (Å²) in [5, 5.41) is 2.92. The number of rotatable bonds is 5. The summed E-state index contributed by atoms with van der Waals surface area (Å²) in [6.07, 6.45) is 4.68. The van der Waals surface area contributed by atoms with E-state index in [-0.39, 0.29) is 5.57 Å². The number of ether oxygens (including phenoxy) is 2. The molecule has 0 aliphatic carbocycles. The van der Waals surface area contributed by atoms with Crippen LogP contribution < -0.4 is 5.32 Å². The Morgan fingerprint density at radius 1 is 1.09 bits per heavy atom. The molecule has 0 bridgehead atoms. The van der Waals surface area contributed by atoms with Crippen LogP contribution in [0.15, 0.2) is 36.0 Å². The van der Waals surface area contributed by atoms with Gasteiger partial charge in [0.1, 0.15) is 0 Å². The van der Waals surface area contributed by atoms with E-state index < -0.39 is 17.7 Å². The van der Waals surface area contributed by atoms with E-state index in [1.54, 1.807) is 0 Å². The van der Waals surface area contributed by atoms with E-state index in [2.05, 4.69) is 12.2 Å². The first kappa shape index (κ1) is 16.1. The van der Waals surface area contributed by atoms with Crippen LogP contribution in [0, 0.1) is 0 Å². The van der Waals surface area contributed by atoms with Gasteiger partial charge < -0.3 is 14.8 Å². The lowest BCUT2D eigenvalue weighted by molar-refractivity contribution is -0.222. The molecule has 1 N–H and O–H groups in total. The van der Waals surface area contributed by atoms with Gasteiger partial charge in [0.2, 0.25) is 0 Å². The Kier molecular flexibility index (Phi) is 4.85. The first-order valence-corrected chi connectivity index (χ1v) is 7.43. The molecule has 0 spiro atoms. The van der Waals surface area contributed by atoms with Crippen molar-refractivity contribution in [3.63, 3.8) is 0 Å². The number of carbonyl (C=O) groups is 2. The van der Waals surface area contributed by atoms with E-state index in [1.807, 2.05) is 24.3 Å². The predicted octanol–water partition coefficient (Wildman–Crippen LogP) is 3.16. The molecule has 1 saturated heterocycles. The van der Waals surface area contributed by atoms with E-state index in [1.165, 1.54) is 25.6 Å². The number of benzene rings is 1. The first-order chi connectivity index (χ1) is 10.4. The van der Waals surface area contributed by atoms with E-state index >= 15 is 0 Å². The van der Waals surface area contributed by atoms with Crippen LogP contribution in [0.3, 0.4) is 0 Å². The standard InChI is InChI=1S/C17H21NO4/c1-4-5-6-12-7-9-13(10-8-12)18-11-14-15(19)21-17(2,3)22-16(14)20/h7-11,18H,4-6H2,1-3H3. The van der Waals surface area contributed by atoms with Crippen LogP contribution in [0.4, 0.5) is 5.69 Å². The van der Waals surface area contributed by atoms with Gasteiger partial charge in [-0.2, -0.15) is 0 Å². The fourth-order valence-electron chi connectivity index (χ4n) is 2.08. The summed E-state index contributed by atoms with van der Waals surface area (Å²) >= 11 is 0. The number of cyclic esters (lactones) is 2. The zero-order valence-corrected chi connectivity index (χ0v) is 13.1. The molecule has 0 aromatic heterocycles. The number of carbonyl (C=O) groups excluding carboxylic acids is 2. The molecule has 22 heavy (non-hydrogen) atoms.